The van der Waals surface area contributed by atoms with Crippen molar-refractivity contribution in [1.82, 2.24) is 15.0 Å². The summed E-state index contributed by atoms with van der Waals surface area (Å²) in [6, 6.07) is 16.4. The number of pyridine rings is 1. The lowest BCUT2D eigenvalue weighted by atomic mass is 10.0. The maximum absolute atomic E-state index is 12.6. The van der Waals surface area contributed by atoms with Gasteiger partial charge in [-0.15, -0.1) is 0 Å². The third-order valence-corrected chi connectivity index (χ3v) is 6.46. The average molecular weight is 441 g/mol. The van der Waals surface area contributed by atoms with E-state index in [9.17, 15) is 4.79 Å². The number of nitrogens with zero attached hydrogens (tertiary/aromatic N) is 4. The molecule has 0 amide bonds. The van der Waals surface area contributed by atoms with E-state index in [2.05, 4.69) is 73.4 Å². The SMILES string of the molecule is Cc1ccc2cc(CNc3ccc(N4CCN(c5ncccn5)CC4)cc3)c(=O)[nH]c2c1C. The van der Waals surface area contributed by atoms with Crippen LogP contribution in [-0.4, -0.2) is 41.1 Å². The van der Waals surface area contributed by atoms with Crippen LogP contribution in [0.15, 0.2) is 65.7 Å². The van der Waals surface area contributed by atoms with Crippen molar-refractivity contribution in [3.8, 4) is 0 Å². The third kappa shape index (κ3) is 4.39. The van der Waals surface area contributed by atoms with E-state index in [0.717, 1.165) is 59.8 Å². The molecule has 0 saturated carbocycles. The summed E-state index contributed by atoms with van der Waals surface area (Å²) >= 11 is 0. The van der Waals surface area contributed by atoms with Gasteiger partial charge in [0.15, 0.2) is 0 Å². The van der Waals surface area contributed by atoms with Gasteiger partial charge >= 0.3 is 0 Å². The van der Waals surface area contributed by atoms with E-state index in [1.54, 1.807) is 12.4 Å². The lowest BCUT2D eigenvalue weighted by Crippen LogP contribution is -2.47. The summed E-state index contributed by atoms with van der Waals surface area (Å²) in [5.41, 5.74) is 6.11. The Balaban J connectivity index is 1.22. The monoisotopic (exact) mass is 440 g/mol. The van der Waals surface area contributed by atoms with Crippen molar-refractivity contribution in [2.24, 2.45) is 0 Å². The number of nitrogens with one attached hydrogen (secondary N) is 2. The minimum atomic E-state index is -0.0411. The number of rotatable bonds is 5. The standard InChI is InChI=1S/C26H28N6O/c1-18-4-5-20-16-21(25(33)30-24(20)19(18)2)17-29-22-6-8-23(9-7-22)31-12-14-32(15-13-31)26-27-10-3-11-28-26/h3-11,16,29H,12-15,17H2,1-2H3,(H,30,33). The number of fused-ring (bicyclic) bond motifs is 1. The molecule has 1 fully saturated rings. The van der Waals surface area contributed by atoms with Crippen LogP contribution in [0.1, 0.15) is 16.7 Å². The van der Waals surface area contributed by atoms with E-state index < -0.39 is 0 Å². The smallest absolute Gasteiger partial charge is 0.253 e. The van der Waals surface area contributed by atoms with E-state index >= 15 is 0 Å². The molecule has 0 aliphatic carbocycles. The first kappa shape index (κ1) is 21.0. The molecule has 33 heavy (non-hydrogen) atoms. The van der Waals surface area contributed by atoms with Gasteiger partial charge in [0.1, 0.15) is 0 Å². The number of H-pyrrole nitrogens is 1. The lowest BCUT2D eigenvalue weighted by Gasteiger charge is -2.36. The summed E-state index contributed by atoms with van der Waals surface area (Å²) in [6.07, 6.45) is 3.57. The molecule has 5 rings (SSSR count). The minimum absolute atomic E-state index is 0.0411. The molecular formula is C26H28N6O. The van der Waals surface area contributed by atoms with Gasteiger partial charge in [-0.2, -0.15) is 0 Å². The fourth-order valence-corrected chi connectivity index (χ4v) is 4.31. The van der Waals surface area contributed by atoms with Crippen molar-refractivity contribution >= 4 is 28.2 Å². The summed E-state index contributed by atoms with van der Waals surface area (Å²) in [7, 11) is 0. The Bertz CT molecular complexity index is 1310. The van der Waals surface area contributed by atoms with Gasteiger partial charge in [-0.3, -0.25) is 4.79 Å². The van der Waals surface area contributed by atoms with Crippen molar-refractivity contribution in [2.45, 2.75) is 20.4 Å². The predicted molar refractivity (Wildman–Crippen MR) is 134 cm³/mol. The van der Waals surface area contributed by atoms with Crippen molar-refractivity contribution in [3.05, 3.63) is 88.0 Å². The summed E-state index contributed by atoms with van der Waals surface area (Å²) < 4.78 is 0. The van der Waals surface area contributed by atoms with Crippen LogP contribution >= 0.6 is 0 Å². The quantitative estimate of drug-likeness (QED) is 0.491. The second kappa shape index (κ2) is 8.94. The molecule has 1 saturated heterocycles. The first-order valence-electron chi connectivity index (χ1n) is 11.3. The molecule has 0 bridgehead atoms. The number of hydrogen-bond donors (Lipinski definition) is 2. The predicted octanol–water partition coefficient (Wildman–Crippen LogP) is 3.87. The normalized spacial score (nSPS) is 14.0. The van der Waals surface area contributed by atoms with E-state index in [4.69, 9.17) is 0 Å². The van der Waals surface area contributed by atoms with Crippen molar-refractivity contribution in [3.63, 3.8) is 0 Å². The van der Waals surface area contributed by atoms with E-state index in [1.807, 2.05) is 19.1 Å². The van der Waals surface area contributed by atoms with Crippen molar-refractivity contribution < 1.29 is 0 Å². The molecule has 0 spiro atoms. The highest BCUT2D eigenvalue weighted by Crippen LogP contribution is 2.22. The van der Waals surface area contributed by atoms with Crippen molar-refractivity contribution in [1.29, 1.82) is 0 Å². The fraction of sp³-hybridized carbons (Fsp3) is 0.269. The molecule has 1 aliphatic rings. The largest absolute Gasteiger partial charge is 0.381 e. The van der Waals surface area contributed by atoms with Gasteiger partial charge in [-0.05, 0) is 66.8 Å². The Morgan fingerprint density at radius 2 is 1.64 bits per heavy atom. The molecule has 7 nitrogen and oxygen atoms in total. The van der Waals surface area contributed by atoms with Crippen LogP contribution in [0.4, 0.5) is 17.3 Å². The van der Waals surface area contributed by atoms with Gasteiger partial charge in [-0.25, -0.2) is 9.97 Å². The minimum Gasteiger partial charge on any atom is -0.381 e. The van der Waals surface area contributed by atoms with Gasteiger partial charge in [0.05, 0.1) is 5.52 Å². The van der Waals surface area contributed by atoms with Crippen LogP contribution in [0.3, 0.4) is 0 Å². The molecule has 3 heterocycles. The van der Waals surface area contributed by atoms with Crippen LogP contribution in [0.5, 0.6) is 0 Å². The molecule has 1 aliphatic heterocycles. The molecule has 168 valence electrons. The number of aromatic amines is 1. The van der Waals surface area contributed by atoms with Gasteiger partial charge in [0, 0.05) is 62.1 Å². The maximum atomic E-state index is 12.6. The molecule has 0 radical (unpaired) electrons. The molecule has 0 unspecified atom stereocenters. The topological polar surface area (TPSA) is 77.2 Å². The summed E-state index contributed by atoms with van der Waals surface area (Å²) in [4.78, 5) is 28.9. The zero-order chi connectivity index (χ0) is 22.8. The summed E-state index contributed by atoms with van der Waals surface area (Å²) in [6.45, 7) is 8.23. The molecule has 7 heteroatoms. The lowest BCUT2D eigenvalue weighted by molar-refractivity contribution is 0.640. The number of aryl methyl sites for hydroxylation is 2. The zero-order valence-electron chi connectivity index (χ0n) is 19.0. The maximum Gasteiger partial charge on any atom is 0.253 e. The first-order chi connectivity index (χ1) is 16.1. The van der Waals surface area contributed by atoms with Crippen LogP contribution in [0, 0.1) is 13.8 Å². The Hall–Kier alpha value is -3.87. The highest BCUT2D eigenvalue weighted by atomic mass is 16.1. The van der Waals surface area contributed by atoms with Gasteiger partial charge in [0.25, 0.3) is 5.56 Å². The average Bonchev–Trinajstić information content (AvgIpc) is 2.86. The second-order valence-electron chi connectivity index (χ2n) is 8.52. The summed E-state index contributed by atoms with van der Waals surface area (Å²) in [5.74, 6) is 0.797. The second-order valence-corrected chi connectivity index (χ2v) is 8.52. The molecular weight excluding hydrogens is 412 g/mol. The van der Waals surface area contributed by atoms with Crippen LogP contribution in [-0.2, 0) is 6.54 Å². The van der Waals surface area contributed by atoms with Gasteiger partial charge in [0.2, 0.25) is 5.95 Å². The molecule has 2 aromatic heterocycles. The van der Waals surface area contributed by atoms with E-state index in [1.165, 1.54) is 11.3 Å². The Morgan fingerprint density at radius 3 is 2.36 bits per heavy atom. The molecule has 4 aromatic rings. The Morgan fingerprint density at radius 1 is 0.939 bits per heavy atom. The Labute approximate surface area is 193 Å². The number of aromatic nitrogens is 3. The van der Waals surface area contributed by atoms with Gasteiger partial charge in [-0.1, -0.05) is 12.1 Å². The highest BCUT2D eigenvalue weighted by molar-refractivity contribution is 5.83. The van der Waals surface area contributed by atoms with Crippen molar-refractivity contribution in [2.75, 3.05) is 41.3 Å². The number of benzene rings is 2. The number of anilines is 3. The number of piperazine rings is 1. The van der Waals surface area contributed by atoms with Crippen LogP contribution in [0.25, 0.3) is 10.9 Å². The van der Waals surface area contributed by atoms with E-state index in [0.29, 0.717) is 6.54 Å². The first-order valence-corrected chi connectivity index (χ1v) is 11.3. The zero-order valence-corrected chi connectivity index (χ0v) is 19.0. The molecule has 0 atom stereocenters. The van der Waals surface area contributed by atoms with Gasteiger partial charge < -0.3 is 20.1 Å². The highest BCUT2D eigenvalue weighted by Gasteiger charge is 2.19. The molecule has 2 N–H and O–H groups in total. The van der Waals surface area contributed by atoms with E-state index in [-0.39, 0.29) is 5.56 Å². The number of hydrogen-bond acceptors (Lipinski definition) is 6. The van der Waals surface area contributed by atoms with Crippen LogP contribution in [0.2, 0.25) is 0 Å². The molecule has 2 aromatic carbocycles. The van der Waals surface area contributed by atoms with Crippen LogP contribution < -0.4 is 20.7 Å². The Kier molecular flexibility index (Phi) is 5.69. The third-order valence-electron chi connectivity index (χ3n) is 6.46. The fourth-order valence-electron chi connectivity index (χ4n) is 4.31. The summed E-state index contributed by atoms with van der Waals surface area (Å²) in [5, 5.41) is 4.45.